The maximum atomic E-state index is 13.0. The monoisotopic (exact) mass is 464 g/mol. The zero-order chi connectivity index (χ0) is 22.8. The molecule has 4 aromatic rings. The largest absolute Gasteiger partial charge is 0.376 e. The molecule has 33 heavy (non-hydrogen) atoms. The van der Waals surface area contributed by atoms with Gasteiger partial charge in [-0.3, -0.25) is 9.69 Å². The van der Waals surface area contributed by atoms with E-state index in [1.165, 1.54) is 10.4 Å². The van der Waals surface area contributed by atoms with E-state index in [0.717, 1.165) is 53.8 Å². The van der Waals surface area contributed by atoms with Gasteiger partial charge in [-0.1, -0.05) is 18.2 Å². The van der Waals surface area contributed by atoms with E-state index in [1.54, 1.807) is 11.3 Å². The number of benzene rings is 1. The number of hydrogen-bond donors (Lipinski definition) is 1. The highest BCUT2D eigenvalue weighted by Crippen LogP contribution is 2.21. The summed E-state index contributed by atoms with van der Waals surface area (Å²) in [5.74, 6) is 0.783. The lowest BCUT2D eigenvalue weighted by Crippen LogP contribution is -2.28. The van der Waals surface area contributed by atoms with Gasteiger partial charge in [0.1, 0.15) is 0 Å². The minimum absolute atomic E-state index is 0.0497. The topological polar surface area (TPSA) is 88.9 Å². The maximum Gasteiger partial charge on any atom is 0.252 e. The Hall–Kier alpha value is -2.88. The zero-order valence-corrected chi connectivity index (χ0v) is 19.8. The van der Waals surface area contributed by atoms with Gasteiger partial charge in [0.05, 0.1) is 24.7 Å². The molecule has 0 radical (unpaired) electrons. The highest BCUT2D eigenvalue weighted by molar-refractivity contribution is 7.09. The lowest BCUT2D eigenvalue weighted by atomic mass is 10.0. The third-order valence-electron chi connectivity index (χ3n) is 6.35. The van der Waals surface area contributed by atoms with Crippen molar-refractivity contribution in [2.75, 3.05) is 6.61 Å². The van der Waals surface area contributed by atoms with Gasteiger partial charge in [0.2, 0.25) is 0 Å². The quantitative estimate of drug-likeness (QED) is 0.429. The van der Waals surface area contributed by atoms with Crippen LogP contribution in [-0.4, -0.2) is 42.8 Å². The summed E-state index contributed by atoms with van der Waals surface area (Å²) in [5, 5.41) is 15.5. The second-order valence-electron chi connectivity index (χ2n) is 8.73. The van der Waals surface area contributed by atoms with Crippen molar-refractivity contribution >= 4 is 22.2 Å². The first-order valence-corrected chi connectivity index (χ1v) is 12.2. The number of aromatic nitrogens is 5. The van der Waals surface area contributed by atoms with Gasteiger partial charge in [-0.05, 0) is 71.1 Å². The van der Waals surface area contributed by atoms with Gasteiger partial charge in [-0.15, -0.1) is 16.4 Å². The molecule has 9 heteroatoms. The maximum absolute atomic E-state index is 13.0. The van der Waals surface area contributed by atoms with E-state index < -0.39 is 0 Å². The number of aromatic amines is 1. The van der Waals surface area contributed by atoms with Crippen LogP contribution in [0.5, 0.6) is 0 Å². The van der Waals surface area contributed by atoms with Crippen LogP contribution in [0.25, 0.3) is 10.9 Å². The molecule has 1 aliphatic heterocycles. The Morgan fingerprint density at radius 2 is 2.15 bits per heavy atom. The summed E-state index contributed by atoms with van der Waals surface area (Å²) in [6.45, 7) is 7.33. The second-order valence-corrected chi connectivity index (χ2v) is 9.76. The van der Waals surface area contributed by atoms with Gasteiger partial charge >= 0.3 is 0 Å². The molecule has 1 fully saturated rings. The van der Waals surface area contributed by atoms with E-state index in [-0.39, 0.29) is 11.7 Å². The van der Waals surface area contributed by atoms with E-state index in [4.69, 9.17) is 4.74 Å². The van der Waals surface area contributed by atoms with E-state index in [2.05, 4.69) is 55.9 Å². The van der Waals surface area contributed by atoms with Crippen LogP contribution in [0.2, 0.25) is 0 Å². The Bertz CT molecular complexity index is 1290. The number of ether oxygens (including phenoxy) is 1. The number of hydrogen-bond acceptors (Lipinski definition) is 7. The molecule has 8 nitrogen and oxygen atoms in total. The smallest absolute Gasteiger partial charge is 0.252 e. The Morgan fingerprint density at radius 1 is 1.24 bits per heavy atom. The molecule has 1 aliphatic rings. The standard InChI is InChI=1S/C24H28N6O2S/c1-16-7-8-18-11-19(24(31)25-23(18)17(16)2)12-29(14-21-6-4-10-33-21)15-22-26-27-28-30(22)13-20-5-3-9-32-20/h4,6-8,10-11,20H,3,5,9,12-15H2,1-2H3,(H,25,31)/t20-/m1/s1. The molecule has 172 valence electrons. The average Bonchev–Trinajstić information content (AvgIpc) is 3.57. The molecule has 5 rings (SSSR count). The molecule has 1 atom stereocenters. The molecule has 0 saturated carbocycles. The third-order valence-corrected chi connectivity index (χ3v) is 7.21. The van der Waals surface area contributed by atoms with Crippen LogP contribution in [0.4, 0.5) is 0 Å². The summed E-state index contributed by atoms with van der Waals surface area (Å²) in [7, 11) is 0. The average molecular weight is 465 g/mol. The fourth-order valence-corrected chi connectivity index (χ4v) is 5.12. The lowest BCUT2D eigenvalue weighted by molar-refractivity contribution is 0.0915. The molecule has 0 aliphatic carbocycles. The Labute approximate surface area is 196 Å². The van der Waals surface area contributed by atoms with Crippen molar-refractivity contribution in [3.63, 3.8) is 0 Å². The first-order chi connectivity index (χ1) is 16.1. The van der Waals surface area contributed by atoms with Crippen LogP contribution in [-0.2, 0) is 30.9 Å². The van der Waals surface area contributed by atoms with E-state index in [1.807, 2.05) is 23.7 Å². The van der Waals surface area contributed by atoms with Crippen molar-refractivity contribution in [1.82, 2.24) is 30.1 Å². The number of thiophene rings is 1. The fraction of sp³-hybridized carbons (Fsp3) is 0.417. The number of tetrazole rings is 1. The Kier molecular flexibility index (Phi) is 6.34. The summed E-state index contributed by atoms with van der Waals surface area (Å²) in [4.78, 5) is 19.6. The van der Waals surface area contributed by atoms with Crippen molar-refractivity contribution in [2.24, 2.45) is 0 Å². The van der Waals surface area contributed by atoms with Crippen LogP contribution in [0.3, 0.4) is 0 Å². The van der Waals surface area contributed by atoms with Gasteiger partial charge < -0.3 is 9.72 Å². The van der Waals surface area contributed by atoms with Crippen LogP contribution >= 0.6 is 11.3 Å². The molecular weight excluding hydrogens is 436 g/mol. The predicted octanol–water partition coefficient (Wildman–Crippen LogP) is 3.57. The Balaban J connectivity index is 1.42. The van der Waals surface area contributed by atoms with Crippen molar-refractivity contribution in [2.45, 2.75) is 59.0 Å². The number of H-pyrrole nitrogens is 1. The molecule has 1 aromatic carbocycles. The predicted molar refractivity (Wildman–Crippen MR) is 128 cm³/mol. The summed E-state index contributed by atoms with van der Waals surface area (Å²) < 4.78 is 7.61. The second kappa shape index (κ2) is 9.54. The van der Waals surface area contributed by atoms with E-state index >= 15 is 0 Å². The van der Waals surface area contributed by atoms with Crippen molar-refractivity contribution in [3.8, 4) is 0 Å². The van der Waals surface area contributed by atoms with Crippen LogP contribution < -0.4 is 5.56 Å². The SMILES string of the molecule is Cc1ccc2cc(CN(Cc3cccs3)Cc3nnnn3C[C@H]3CCCO3)c(=O)[nH]c2c1C. The van der Waals surface area contributed by atoms with Crippen LogP contribution in [0.15, 0.2) is 40.5 Å². The van der Waals surface area contributed by atoms with Crippen LogP contribution in [0, 0.1) is 13.8 Å². The highest BCUT2D eigenvalue weighted by atomic mass is 32.1. The number of aryl methyl sites for hydroxylation is 2. The molecule has 4 heterocycles. The number of fused-ring (bicyclic) bond motifs is 1. The van der Waals surface area contributed by atoms with Gasteiger partial charge in [-0.2, -0.15) is 0 Å². The van der Waals surface area contributed by atoms with Gasteiger partial charge in [0.15, 0.2) is 5.82 Å². The molecule has 0 bridgehead atoms. The summed E-state index contributed by atoms with van der Waals surface area (Å²) in [6, 6.07) is 10.3. The molecule has 0 spiro atoms. The molecule has 0 amide bonds. The van der Waals surface area contributed by atoms with E-state index in [9.17, 15) is 4.79 Å². The zero-order valence-electron chi connectivity index (χ0n) is 19.0. The molecule has 1 saturated heterocycles. The van der Waals surface area contributed by atoms with Crippen molar-refractivity contribution in [3.05, 3.63) is 73.5 Å². The summed E-state index contributed by atoms with van der Waals surface area (Å²) in [5.41, 5.74) is 3.88. The first-order valence-electron chi connectivity index (χ1n) is 11.3. The van der Waals surface area contributed by atoms with Crippen LogP contribution in [0.1, 0.15) is 40.2 Å². The summed E-state index contributed by atoms with van der Waals surface area (Å²) in [6.07, 6.45) is 2.27. The van der Waals surface area contributed by atoms with Crippen molar-refractivity contribution < 1.29 is 4.74 Å². The number of pyridine rings is 1. The van der Waals surface area contributed by atoms with Gasteiger partial charge in [0.25, 0.3) is 5.56 Å². The van der Waals surface area contributed by atoms with Crippen molar-refractivity contribution in [1.29, 1.82) is 0 Å². The third kappa shape index (κ3) is 4.90. The number of nitrogens with zero attached hydrogens (tertiary/aromatic N) is 5. The lowest BCUT2D eigenvalue weighted by Gasteiger charge is -2.21. The Morgan fingerprint density at radius 3 is 2.94 bits per heavy atom. The van der Waals surface area contributed by atoms with E-state index in [0.29, 0.717) is 19.6 Å². The minimum atomic E-state index is -0.0497. The molecular formula is C24H28N6O2S. The molecule has 1 N–H and O–H groups in total. The number of nitrogens with one attached hydrogen (secondary N) is 1. The number of rotatable bonds is 8. The normalized spacial score (nSPS) is 16.3. The van der Waals surface area contributed by atoms with Gasteiger partial charge in [0, 0.05) is 30.1 Å². The molecule has 0 unspecified atom stereocenters. The fourth-order valence-electron chi connectivity index (χ4n) is 4.38. The minimum Gasteiger partial charge on any atom is -0.376 e. The first kappa shape index (κ1) is 21.9. The summed E-state index contributed by atoms with van der Waals surface area (Å²) >= 11 is 1.71. The van der Waals surface area contributed by atoms with Gasteiger partial charge in [-0.25, -0.2) is 4.68 Å². The highest BCUT2D eigenvalue weighted by Gasteiger charge is 2.21. The molecule has 3 aromatic heterocycles.